The van der Waals surface area contributed by atoms with Gasteiger partial charge in [-0.2, -0.15) is 0 Å². The van der Waals surface area contributed by atoms with Crippen LogP contribution in [0.1, 0.15) is 86.1 Å². The number of nitrogens with two attached hydrogens (primary N) is 2. The molecule has 0 radical (unpaired) electrons. The molecule has 1 aromatic rings. The summed E-state index contributed by atoms with van der Waals surface area (Å²) in [6.07, 6.45) is 2.68. The Balaban J connectivity index is 3.16. The summed E-state index contributed by atoms with van der Waals surface area (Å²) >= 11 is 0. The summed E-state index contributed by atoms with van der Waals surface area (Å²) in [6, 6.07) is 5.48. The van der Waals surface area contributed by atoms with Crippen molar-refractivity contribution < 1.29 is 33.3 Å². The van der Waals surface area contributed by atoms with Crippen molar-refractivity contribution in [2.75, 3.05) is 34.0 Å². The Morgan fingerprint density at radius 3 is 2.20 bits per heavy atom. The van der Waals surface area contributed by atoms with E-state index in [0.717, 1.165) is 18.4 Å². The van der Waals surface area contributed by atoms with Crippen molar-refractivity contribution in [3.8, 4) is 11.5 Å². The molecule has 0 aliphatic heterocycles. The van der Waals surface area contributed by atoms with Crippen LogP contribution in [0, 0.1) is 29.1 Å². The van der Waals surface area contributed by atoms with Gasteiger partial charge in [0.05, 0.1) is 19.1 Å². The number of primary amides is 1. The van der Waals surface area contributed by atoms with E-state index in [-0.39, 0.29) is 43.1 Å². The maximum atomic E-state index is 13.3. The first-order valence-electron chi connectivity index (χ1n) is 16.0. The van der Waals surface area contributed by atoms with Gasteiger partial charge in [-0.05, 0) is 75.0 Å². The quantitative estimate of drug-likeness (QED) is 0.125. The highest BCUT2D eigenvalue weighted by Gasteiger charge is 2.34. The van der Waals surface area contributed by atoms with Gasteiger partial charge in [-0.15, -0.1) is 0 Å². The molecule has 44 heavy (non-hydrogen) atoms. The molecule has 0 aliphatic rings. The highest BCUT2D eigenvalue weighted by Crippen LogP contribution is 2.32. The lowest BCUT2D eigenvalue weighted by Gasteiger charge is -2.33. The molecular formula is C34H59N3O7. The Kier molecular flexibility index (Phi) is 17.4. The monoisotopic (exact) mass is 621 g/mol. The zero-order valence-electron chi connectivity index (χ0n) is 28.6. The minimum absolute atomic E-state index is 0.0474. The summed E-state index contributed by atoms with van der Waals surface area (Å²) < 4.78 is 22.6. The van der Waals surface area contributed by atoms with Gasteiger partial charge in [0.2, 0.25) is 11.8 Å². The molecule has 1 unspecified atom stereocenters. The van der Waals surface area contributed by atoms with E-state index in [0.29, 0.717) is 43.5 Å². The van der Waals surface area contributed by atoms with E-state index in [2.05, 4.69) is 19.2 Å². The number of rotatable bonds is 22. The topological polar surface area (TPSA) is 152 Å². The fourth-order valence-electron chi connectivity index (χ4n) is 4.94. The maximum absolute atomic E-state index is 13.3. The van der Waals surface area contributed by atoms with Gasteiger partial charge >= 0.3 is 5.97 Å². The van der Waals surface area contributed by atoms with Crippen molar-refractivity contribution in [3.63, 3.8) is 0 Å². The molecule has 2 amide bonds. The lowest BCUT2D eigenvalue weighted by molar-refractivity contribution is -0.153. The number of ether oxygens (including phenoxy) is 4. The number of methoxy groups -OCH3 is 2. The maximum Gasteiger partial charge on any atom is 0.306 e. The second kappa shape index (κ2) is 19.5. The van der Waals surface area contributed by atoms with E-state index < -0.39 is 29.4 Å². The van der Waals surface area contributed by atoms with Crippen molar-refractivity contribution in [2.45, 2.75) is 99.1 Å². The van der Waals surface area contributed by atoms with Gasteiger partial charge in [0.25, 0.3) is 0 Å². The first-order chi connectivity index (χ1) is 20.7. The predicted molar refractivity (Wildman–Crippen MR) is 173 cm³/mol. The van der Waals surface area contributed by atoms with Gasteiger partial charge in [0.15, 0.2) is 11.5 Å². The summed E-state index contributed by atoms with van der Waals surface area (Å²) in [5.74, 6) is 0.278. The number of carbonyl (C=O) groups excluding carboxylic acids is 3. The van der Waals surface area contributed by atoms with Crippen LogP contribution in [0.4, 0.5) is 0 Å². The molecule has 5 N–H and O–H groups in total. The Hall–Kier alpha value is -2.85. The van der Waals surface area contributed by atoms with Crippen LogP contribution in [-0.4, -0.2) is 63.9 Å². The Bertz CT molecular complexity index is 1030. The minimum atomic E-state index is -0.888. The second-order valence-corrected chi connectivity index (χ2v) is 13.1. The third-order valence-corrected chi connectivity index (χ3v) is 8.21. The number of hydrogen-bond donors (Lipinski definition) is 3. The van der Waals surface area contributed by atoms with Crippen LogP contribution in [0.5, 0.6) is 11.5 Å². The van der Waals surface area contributed by atoms with Crippen LogP contribution in [0.3, 0.4) is 0 Å². The van der Waals surface area contributed by atoms with Crippen molar-refractivity contribution in [3.05, 3.63) is 23.8 Å². The first kappa shape index (κ1) is 39.2. The summed E-state index contributed by atoms with van der Waals surface area (Å²) in [7, 11) is 3.29. The van der Waals surface area contributed by atoms with Gasteiger partial charge in [0, 0.05) is 45.1 Å². The van der Waals surface area contributed by atoms with Gasteiger partial charge in [-0.25, -0.2) is 0 Å². The Labute approximate surface area is 265 Å². The Morgan fingerprint density at radius 1 is 0.977 bits per heavy atom. The molecular weight excluding hydrogens is 562 g/mol. The number of esters is 1. The summed E-state index contributed by atoms with van der Waals surface area (Å²) in [6.45, 7) is 14.8. The molecule has 0 spiro atoms. The van der Waals surface area contributed by atoms with Gasteiger partial charge < -0.3 is 35.7 Å². The summed E-state index contributed by atoms with van der Waals surface area (Å²) in [5, 5.41) is 2.89. The number of carbonyl (C=O) groups is 3. The molecule has 1 rings (SSSR count). The lowest BCUT2D eigenvalue weighted by Crippen LogP contribution is -2.47. The van der Waals surface area contributed by atoms with Crippen molar-refractivity contribution in [1.29, 1.82) is 0 Å². The molecule has 4 atom stereocenters. The van der Waals surface area contributed by atoms with E-state index >= 15 is 0 Å². The van der Waals surface area contributed by atoms with Crippen LogP contribution in [0.25, 0.3) is 0 Å². The van der Waals surface area contributed by atoms with E-state index in [1.165, 1.54) is 0 Å². The van der Waals surface area contributed by atoms with Crippen LogP contribution in [-0.2, 0) is 30.3 Å². The smallest absolute Gasteiger partial charge is 0.306 e. The molecule has 0 saturated heterocycles. The molecule has 0 saturated carbocycles. The van der Waals surface area contributed by atoms with Crippen LogP contribution in [0.15, 0.2) is 18.2 Å². The van der Waals surface area contributed by atoms with Gasteiger partial charge in [-0.1, -0.05) is 40.7 Å². The zero-order chi connectivity index (χ0) is 33.4. The average Bonchev–Trinajstić information content (AvgIpc) is 2.95. The van der Waals surface area contributed by atoms with Crippen molar-refractivity contribution in [1.82, 2.24) is 5.32 Å². The third-order valence-electron chi connectivity index (χ3n) is 8.21. The van der Waals surface area contributed by atoms with Gasteiger partial charge in [-0.3, -0.25) is 14.4 Å². The SMILES string of the molecule is CCCC(=O)O[C@@H](C[C@H](C(=O)NCC(C)(C)C(N)=O)C(C)C)C(N)C[C@H](Cc1ccc(OC)c(OCCCOC)c1)C(C)C. The highest BCUT2D eigenvalue weighted by molar-refractivity contribution is 5.83. The van der Waals surface area contributed by atoms with Crippen LogP contribution < -0.4 is 26.3 Å². The highest BCUT2D eigenvalue weighted by atomic mass is 16.5. The lowest BCUT2D eigenvalue weighted by atomic mass is 9.80. The summed E-state index contributed by atoms with van der Waals surface area (Å²) in [5.41, 5.74) is 12.5. The molecule has 0 aromatic heterocycles. The average molecular weight is 622 g/mol. The molecule has 0 fully saturated rings. The van der Waals surface area contributed by atoms with Crippen LogP contribution >= 0.6 is 0 Å². The molecule has 252 valence electrons. The van der Waals surface area contributed by atoms with Gasteiger partial charge in [0.1, 0.15) is 6.10 Å². The number of hydrogen-bond acceptors (Lipinski definition) is 8. The first-order valence-corrected chi connectivity index (χ1v) is 16.0. The predicted octanol–water partition coefficient (Wildman–Crippen LogP) is 4.64. The van der Waals surface area contributed by atoms with Crippen LogP contribution in [0.2, 0.25) is 0 Å². The third kappa shape index (κ3) is 13.4. The number of nitrogens with one attached hydrogen (secondary N) is 1. The Morgan fingerprint density at radius 2 is 1.66 bits per heavy atom. The fraction of sp³-hybridized carbons (Fsp3) is 0.735. The summed E-state index contributed by atoms with van der Waals surface area (Å²) in [4.78, 5) is 37.8. The fourth-order valence-corrected chi connectivity index (χ4v) is 4.94. The largest absolute Gasteiger partial charge is 0.493 e. The zero-order valence-corrected chi connectivity index (χ0v) is 28.6. The normalized spacial score (nSPS) is 14.5. The van der Waals surface area contributed by atoms with Crippen molar-refractivity contribution in [2.24, 2.45) is 40.6 Å². The number of amides is 2. The van der Waals surface area contributed by atoms with E-state index in [1.54, 1.807) is 28.1 Å². The molecule has 0 heterocycles. The second-order valence-electron chi connectivity index (χ2n) is 13.1. The molecule has 0 bridgehead atoms. The standard InChI is InChI=1S/C34H59N3O7/c1-10-12-31(38)44-29(20-26(23(4)5)32(39)37-21-34(6,7)33(36)40)27(35)19-25(22(2)3)17-24-13-14-28(42-9)30(18-24)43-16-11-15-41-8/h13-14,18,22-23,25-27,29H,10-12,15-17,19-21,35H2,1-9H3,(H2,36,40)(H,37,39)/t25-,26-,27?,29-/m0/s1. The number of benzene rings is 1. The van der Waals surface area contributed by atoms with E-state index in [1.807, 2.05) is 39.0 Å². The van der Waals surface area contributed by atoms with E-state index in [4.69, 9.17) is 30.4 Å². The minimum Gasteiger partial charge on any atom is -0.493 e. The molecule has 1 aromatic carbocycles. The van der Waals surface area contributed by atoms with Crippen molar-refractivity contribution >= 4 is 17.8 Å². The molecule has 10 heteroatoms. The van der Waals surface area contributed by atoms with E-state index in [9.17, 15) is 14.4 Å². The molecule has 10 nitrogen and oxygen atoms in total. The molecule has 0 aliphatic carbocycles.